The first-order chi connectivity index (χ1) is 20.5. The molecule has 8 aromatic rings. The molecule has 0 aliphatic rings. The summed E-state index contributed by atoms with van der Waals surface area (Å²) in [6.07, 6.45) is 0. The Morgan fingerprint density at radius 3 is 1.29 bits per heavy atom. The Morgan fingerprint density at radius 1 is 0.310 bits per heavy atom. The Balaban J connectivity index is 1.46. The third-order valence-corrected chi connectivity index (χ3v) is 8.91. The maximum Gasteiger partial charge on any atom is -0.00266 e. The smallest absolute Gasteiger partial charge is 0.00266 e. The van der Waals surface area contributed by atoms with Crippen molar-refractivity contribution in [3.63, 3.8) is 0 Å². The molecule has 0 aromatic heterocycles. The van der Waals surface area contributed by atoms with E-state index in [0.29, 0.717) is 0 Å². The molecular weight excluding hydrogens is 504 g/mol. The number of hydrogen-bond acceptors (Lipinski definition) is 0. The molecule has 0 bridgehead atoms. The molecule has 0 saturated heterocycles. The van der Waals surface area contributed by atoms with E-state index < -0.39 is 0 Å². The minimum Gasteiger partial charge on any atom is -0.0622 e. The van der Waals surface area contributed by atoms with Crippen molar-refractivity contribution in [3.8, 4) is 22.3 Å². The fourth-order valence-electron chi connectivity index (χ4n) is 7.17. The van der Waals surface area contributed by atoms with Gasteiger partial charge in [0.05, 0.1) is 0 Å². The standard InChI is InChI=1S/C42H32/c1-42(2,3)41-37-20-12-11-19-35(37)40(27-13-5-4-6-14-27)36-24-22-29(26-39(36)41)28-21-23-34-32-17-8-7-15-30(32)31-16-9-10-18-33(31)38(34)25-28/h4-26H,1-3H3. The first kappa shape index (κ1) is 24.8. The third kappa shape index (κ3) is 3.76. The molecule has 0 unspecified atom stereocenters. The van der Waals surface area contributed by atoms with Crippen LogP contribution in [0.2, 0.25) is 0 Å². The van der Waals surface area contributed by atoms with E-state index in [-0.39, 0.29) is 5.41 Å². The molecule has 0 nitrogen and oxygen atoms in total. The second kappa shape index (κ2) is 9.29. The van der Waals surface area contributed by atoms with Gasteiger partial charge < -0.3 is 0 Å². The first-order valence-electron chi connectivity index (χ1n) is 14.9. The van der Waals surface area contributed by atoms with Gasteiger partial charge in [0.2, 0.25) is 0 Å². The second-order valence-electron chi connectivity index (χ2n) is 12.5. The largest absolute Gasteiger partial charge is 0.0622 e. The van der Waals surface area contributed by atoms with Crippen molar-refractivity contribution in [1.82, 2.24) is 0 Å². The molecule has 0 aliphatic heterocycles. The molecule has 0 fully saturated rings. The van der Waals surface area contributed by atoms with Gasteiger partial charge in [-0.1, -0.05) is 148 Å². The molecule has 0 heteroatoms. The van der Waals surface area contributed by atoms with Gasteiger partial charge in [0.15, 0.2) is 0 Å². The Hall–Kier alpha value is -4.94. The van der Waals surface area contributed by atoms with E-state index in [1.54, 1.807) is 0 Å². The van der Waals surface area contributed by atoms with E-state index in [4.69, 9.17) is 0 Å². The van der Waals surface area contributed by atoms with Crippen molar-refractivity contribution in [3.05, 3.63) is 145 Å². The average molecular weight is 537 g/mol. The predicted molar refractivity (Wildman–Crippen MR) is 184 cm³/mol. The maximum absolute atomic E-state index is 2.44. The monoisotopic (exact) mass is 536 g/mol. The molecule has 42 heavy (non-hydrogen) atoms. The van der Waals surface area contributed by atoms with Crippen molar-refractivity contribution in [2.24, 2.45) is 0 Å². The van der Waals surface area contributed by atoms with Crippen LogP contribution in [0.15, 0.2) is 140 Å². The fourth-order valence-corrected chi connectivity index (χ4v) is 7.17. The molecule has 200 valence electrons. The highest BCUT2D eigenvalue weighted by Crippen LogP contribution is 2.45. The number of fused-ring (bicyclic) bond motifs is 8. The van der Waals surface area contributed by atoms with Crippen LogP contribution in [0, 0.1) is 0 Å². The molecule has 8 rings (SSSR count). The Morgan fingerprint density at radius 2 is 0.714 bits per heavy atom. The Bertz CT molecular complexity index is 2280. The zero-order chi connectivity index (χ0) is 28.4. The fraction of sp³-hybridized carbons (Fsp3) is 0.0952. The SMILES string of the molecule is CC(C)(C)c1c2ccccc2c(-c2ccccc2)c2ccc(-c3ccc4c5ccccc5c5ccccc5c4c3)cc12. The van der Waals surface area contributed by atoms with Gasteiger partial charge in [-0.15, -0.1) is 0 Å². The third-order valence-electron chi connectivity index (χ3n) is 8.91. The molecule has 8 aromatic carbocycles. The first-order valence-corrected chi connectivity index (χ1v) is 14.9. The summed E-state index contributed by atoms with van der Waals surface area (Å²) in [6, 6.07) is 51.6. The topological polar surface area (TPSA) is 0 Å². The van der Waals surface area contributed by atoms with E-state index in [1.807, 2.05) is 0 Å². The molecule has 0 spiro atoms. The van der Waals surface area contributed by atoms with Crippen LogP contribution in [-0.2, 0) is 5.41 Å². The Kier molecular flexibility index (Phi) is 5.49. The highest BCUT2D eigenvalue weighted by Gasteiger charge is 2.24. The van der Waals surface area contributed by atoms with Crippen molar-refractivity contribution in [2.45, 2.75) is 26.2 Å². The molecular formula is C42H32. The summed E-state index contributed by atoms with van der Waals surface area (Å²) >= 11 is 0. The minimum atomic E-state index is -0.0236. The van der Waals surface area contributed by atoms with Crippen LogP contribution in [-0.4, -0.2) is 0 Å². The summed E-state index contributed by atoms with van der Waals surface area (Å²) in [7, 11) is 0. The Labute approximate surface area is 246 Å². The maximum atomic E-state index is 2.44. The van der Waals surface area contributed by atoms with Gasteiger partial charge >= 0.3 is 0 Å². The van der Waals surface area contributed by atoms with E-state index in [9.17, 15) is 0 Å². The summed E-state index contributed by atoms with van der Waals surface area (Å²) in [4.78, 5) is 0. The molecule has 0 aliphatic carbocycles. The van der Waals surface area contributed by atoms with Crippen LogP contribution in [0.25, 0.3) is 76.1 Å². The number of hydrogen-bond donors (Lipinski definition) is 0. The highest BCUT2D eigenvalue weighted by molar-refractivity contribution is 6.26. The molecule has 0 amide bonds. The molecule has 0 N–H and O–H groups in total. The summed E-state index contributed by atoms with van der Waals surface area (Å²) in [5.74, 6) is 0. The summed E-state index contributed by atoms with van der Waals surface area (Å²) in [5.41, 5.74) is 6.46. The van der Waals surface area contributed by atoms with Gasteiger partial charge in [0.25, 0.3) is 0 Å². The zero-order valence-corrected chi connectivity index (χ0v) is 24.3. The average Bonchev–Trinajstić information content (AvgIpc) is 3.03. The zero-order valence-electron chi connectivity index (χ0n) is 24.3. The van der Waals surface area contributed by atoms with Crippen LogP contribution in [0.4, 0.5) is 0 Å². The van der Waals surface area contributed by atoms with E-state index >= 15 is 0 Å². The van der Waals surface area contributed by atoms with E-state index in [1.165, 1.54) is 81.7 Å². The van der Waals surface area contributed by atoms with Crippen molar-refractivity contribution in [2.75, 3.05) is 0 Å². The summed E-state index contributed by atoms with van der Waals surface area (Å²) in [6.45, 7) is 7.03. The van der Waals surface area contributed by atoms with Crippen LogP contribution in [0.1, 0.15) is 26.3 Å². The van der Waals surface area contributed by atoms with Gasteiger partial charge in [-0.25, -0.2) is 0 Å². The van der Waals surface area contributed by atoms with Crippen LogP contribution in [0.3, 0.4) is 0 Å². The van der Waals surface area contributed by atoms with Crippen molar-refractivity contribution in [1.29, 1.82) is 0 Å². The number of rotatable bonds is 2. The second-order valence-corrected chi connectivity index (χ2v) is 12.5. The molecule has 0 atom stereocenters. The quantitative estimate of drug-likeness (QED) is 0.152. The van der Waals surface area contributed by atoms with Gasteiger partial charge in [-0.3, -0.25) is 0 Å². The van der Waals surface area contributed by atoms with Gasteiger partial charge in [0.1, 0.15) is 0 Å². The van der Waals surface area contributed by atoms with Gasteiger partial charge in [0, 0.05) is 0 Å². The summed E-state index contributed by atoms with van der Waals surface area (Å²) in [5, 5.41) is 13.2. The lowest BCUT2D eigenvalue weighted by Crippen LogP contribution is -2.13. The van der Waals surface area contributed by atoms with E-state index in [0.717, 1.165) is 0 Å². The lowest BCUT2D eigenvalue weighted by atomic mass is 9.77. The normalized spacial score (nSPS) is 12.2. The van der Waals surface area contributed by atoms with Crippen LogP contribution >= 0.6 is 0 Å². The van der Waals surface area contributed by atoms with Crippen molar-refractivity contribution < 1.29 is 0 Å². The lowest BCUT2D eigenvalue weighted by molar-refractivity contribution is 0.601. The van der Waals surface area contributed by atoms with E-state index in [2.05, 4.69) is 160 Å². The van der Waals surface area contributed by atoms with Crippen LogP contribution in [0.5, 0.6) is 0 Å². The lowest BCUT2D eigenvalue weighted by Gasteiger charge is -2.26. The van der Waals surface area contributed by atoms with Gasteiger partial charge in [-0.05, 0) is 99.2 Å². The molecule has 0 saturated carbocycles. The highest BCUT2D eigenvalue weighted by atomic mass is 14.3. The predicted octanol–water partition coefficient (Wildman–Crippen LogP) is 12.1. The molecule has 0 radical (unpaired) electrons. The van der Waals surface area contributed by atoms with Gasteiger partial charge in [-0.2, -0.15) is 0 Å². The summed E-state index contributed by atoms with van der Waals surface area (Å²) < 4.78 is 0. The number of benzene rings is 8. The minimum absolute atomic E-state index is 0.0236. The van der Waals surface area contributed by atoms with Crippen molar-refractivity contribution >= 4 is 53.9 Å². The molecule has 0 heterocycles. The van der Waals surface area contributed by atoms with Crippen LogP contribution < -0.4 is 0 Å².